The number of carbonyl (C=O) groups is 1. The van der Waals surface area contributed by atoms with Crippen LogP contribution in [0.15, 0.2) is 18.3 Å². The zero-order chi connectivity index (χ0) is 16.1. The monoisotopic (exact) mass is 302 g/mol. The van der Waals surface area contributed by atoms with E-state index in [1.165, 1.54) is 33.0 Å². The molecule has 0 saturated heterocycles. The number of carboxylic acid groups (broad SMARTS) is 1. The Hall–Kier alpha value is -1.92. The number of hydrogen-bond donors (Lipinski definition) is 2. The van der Waals surface area contributed by atoms with Crippen LogP contribution in [0.4, 0.5) is 14.6 Å². The van der Waals surface area contributed by atoms with Gasteiger partial charge in [0, 0.05) is 24.6 Å². The van der Waals surface area contributed by atoms with E-state index in [0.717, 1.165) is 0 Å². The molecule has 118 valence electrons. The molecular formula is C14H20F2N2O3. The third-order valence-electron chi connectivity index (χ3n) is 3.25. The number of nitrogens with one attached hydrogen (secondary N) is 1. The Labute approximate surface area is 122 Å². The maximum Gasteiger partial charge on any atom is 0.341 e. The van der Waals surface area contributed by atoms with Gasteiger partial charge in [-0.1, -0.05) is 20.8 Å². The van der Waals surface area contributed by atoms with Gasteiger partial charge in [-0.2, -0.15) is 0 Å². The second kappa shape index (κ2) is 6.69. The van der Waals surface area contributed by atoms with Crippen LogP contribution in [-0.2, 0) is 4.79 Å². The van der Waals surface area contributed by atoms with Gasteiger partial charge in [0.05, 0.1) is 0 Å². The standard InChI is InChI=1S/C14H20F2N2O3/c1-4-14(15,16)13(2,3)9-18-12-10(6-5-7-17-12)21-8-11(19)20/h5-7H,4,8-9H2,1-3H3,(H,17,18)(H,19,20). The van der Waals surface area contributed by atoms with Gasteiger partial charge in [0.25, 0.3) is 5.92 Å². The summed E-state index contributed by atoms with van der Waals surface area (Å²) >= 11 is 0. The maximum atomic E-state index is 13.8. The number of aromatic nitrogens is 1. The number of nitrogens with zero attached hydrogens (tertiary/aromatic N) is 1. The van der Waals surface area contributed by atoms with E-state index in [0.29, 0.717) is 0 Å². The first-order chi connectivity index (χ1) is 9.69. The minimum atomic E-state index is -2.82. The number of hydrogen-bond acceptors (Lipinski definition) is 4. The van der Waals surface area contributed by atoms with Gasteiger partial charge in [-0.05, 0) is 12.1 Å². The predicted molar refractivity (Wildman–Crippen MR) is 74.9 cm³/mol. The number of aliphatic carboxylic acids is 1. The molecule has 0 aliphatic heterocycles. The summed E-state index contributed by atoms with van der Waals surface area (Å²) in [5, 5.41) is 11.4. The lowest BCUT2D eigenvalue weighted by molar-refractivity contribution is -0.139. The van der Waals surface area contributed by atoms with Crippen molar-refractivity contribution in [3.8, 4) is 5.75 Å². The number of pyridine rings is 1. The zero-order valence-electron chi connectivity index (χ0n) is 12.3. The van der Waals surface area contributed by atoms with Crippen LogP contribution in [0, 0.1) is 5.41 Å². The largest absolute Gasteiger partial charge is 0.479 e. The summed E-state index contributed by atoms with van der Waals surface area (Å²) in [7, 11) is 0. The van der Waals surface area contributed by atoms with Gasteiger partial charge in [0.15, 0.2) is 18.2 Å². The molecule has 0 radical (unpaired) electrons. The molecule has 0 fully saturated rings. The fraction of sp³-hybridized carbons (Fsp3) is 0.571. The van der Waals surface area contributed by atoms with Crippen LogP contribution in [0.1, 0.15) is 27.2 Å². The molecule has 0 bridgehead atoms. The van der Waals surface area contributed by atoms with E-state index in [2.05, 4.69) is 10.3 Å². The molecule has 1 heterocycles. The molecule has 0 saturated carbocycles. The SMILES string of the molecule is CCC(F)(F)C(C)(C)CNc1ncccc1OCC(=O)O. The molecule has 0 aliphatic rings. The minimum absolute atomic E-state index is 0.0196. The number of rotatable bonds is 8. The topological polar surface area (TPSA) is 71.5 Å². The molecule has 1 aromatic rings. The van der Waals surface area contributed by atoms with Crippen molar-refractivity contribution in [3.63, 3.8) is 0 Å². The molecule has 0 spiro atoms. The van der Waals surface area contributed by atoms with E-state index in [1.54, 1.807) is 6.07 Å². The van der Waals surface area contributed by atoms with Crippen LogP contribution in [0.25, 0.3) is 0 Å². The highest BCUT2D eigenvalue weighted by Gasteiger charge is 2.44. The van der Waals surface area contributed by atoms with Crippen LogP contribution in [0.3, 0.4) is 0 Å². The van der Waals surface area contributed by atoms with Crippen molar-refractivity contribution in [3.05, 3.63) is 18.3 Å². The number of anilines is 1. The molecule has 0 aliphatic carbocycles. The molecule has 2 N–H and O–H groups in total. The van der Waals surface area contributed by atoms with E-state index in [1.807, 2.05) is 0 Å². The van der Waals surface area contributed by atoms with Crippen LogP contribution < -0.4 is 10.1 Å². The molecule has 5 nitrogen and oxygen atoms in total. The highest BCUT2D eigenvalue weighted by Crippen LogP contribution is 2.39. The third-order valence-corrected chi connectivity index (χ3v) is 3.25. The van der Waals surface area contributed by atoms with Gasteiger partial charge in [-0.15, -0.1) is 0 Å². The Morgan fingerprint density at radius 2 is 2.14 bits per heavy atom. The van der Waals surface area contributed by atoms with Gasteiger partial charge in [0.1, 0.15) is 0 Å². The van der Waals surface area contributed by atoms with E-state index in [4.69, 9.17) is 9.84 Å². The van der Waals surface area contributed by atoms with E-state index in [9.17, 15) is 13.6 Å². The highest BCUT2D eigenvalue weighted by atomic mass is 19.3. The second-order valence-corrected chi connectivity index (χ2v) is 5.33. The Morgan fingerprint density at radius 1 is 1.48 bits per heavy atom. The Bertz CT molecular complexity index is 493. The van der Waals surface area contributed by atoms with Gasteiger partial charge in [-0.25, -0.2) is 18.6 Å². The number of alkyl halides is 2. The molecule has 0 aromatic carbocycles. The summed E-state index contributed by atoms with van der Waals surface area (Å²) < 4.78 is 32.7. The summed E-state index contributed by atoms with van der Waals surface area (Å²) in [4.78, 5) is 14.5. The van der Waals surface area contributed by atoms with Crippen molar-refractivity contribution < 1.29 is 23.4 Å². The van der Waals surface area contributed by atoms with Crippen molar-refractivity contribution >= 4 is 11.8 Å². The van der Waals surface area contributed by atoms with Crippen molar-refractivity contribution in [2.45, 2.75) is 33.1 Å². The Morgan fingerprint density at radius 3 is 2.71 bits per heavy atom. The fourth-order valence-electron chi connectivity index (χ4n) is 1.69. The first-order valence-electron chi connectivity index (χ1n) is 6.61. The predicted octanol–water partition coefficient (Wildman–Crippen LogP) is 3.03. The molecule has 0 atom stereocenters. The first kappa shape index (κ1) is 17.1. The summed E-state index contributed by atoms with van der Waals surface area (Å²) in [6, 6.07) is 3.11. The van der Waals surface area contributed by atoms with Crippen LogP contribution in [-0.4, -0.2) is 35.1 Å². The smallest absolute Gasteiger partial charge is 0.341 e. The average Bonchev–Trinajstić information content (AvgIpc) is 2.43. The quantitative estimate of drug-likeness (QED) is 0.772. The average molecular weight is 302 g/mol. The van der Waals surface area contributed by atoms with Crippen LogP contribution >= 0.6 is 0 Å². The summed E-state index contributed by atoms with van der Waals surface area (Å²) in [5.74, 6) is -3.48. The summed E-state index contributed by atoms with van der Waals surface area (Å²) in [5.41, 5.74) is -1.27. The maximum absolute atomic E-state index is 13.8. The van der Waals surface area contributed by atoms with Gasteiger partial charge in [0.2, 0.25) is 0 Å². The van der Waals surface area contributed by atoms with Crippen molar-refractivity contribution in [2.24, 2.45) is 5.41 Å². The lowest BCUT2D eigenvalue weighted by Crippen LogP contribution is -2.41. The molecule has 1 aromatic heterocycles. The molecule has 21 heavy (non-hydrogen) atoms. The molecule has 0 amide bonds. The number of ether oxygens (including phenoxy) is 1. The van der Waals surface area contributed by atoms with E-state index < -0.39 is 23.9 Å². The zero-order valence-corrected chi connectivity index (χ0v) is 12.3. The van der Waals surface area contributed by atoms with E-state index >= 15 is 0 Å². The van der Waals surface area contributed by atoms with E-state index in [-0.39, 0.29) is 24.5 Å². The summed E-state index contributed by atoms with van der Waals surface area (Å²) in [6.45, 7) is 3.82. The molecular weight excluding hydrogens is 282 g/mol. The Kier molecular flexibility index (Phi) is 5.46. The van der Waals surface area contributed by atoms with Crippen molar-refractivity contribution in [1.82, 2.24) is 4.98 Å². The first-order valence-corrected chi connectivity index (χ1v) is 6.61. The lowest BCUT2D eigenvalue weighted by Gasteiger charge is -2.33. The molecule has 7 heteroatoms. The van der Waals surface area contributed by atoms with Crippen LogP contribution in [0.2, 0.25) is 0 Å². The minimum Gasteiger partial charge on any atom is -0.479 e. The lowest BCUT2D eigenvalue weighted by atomic mass is 9.84. The van der Waals surface area contributed by atoms with Crippen molar-refractivity contribution in [1.29, 1.82) is 0 Å². The van der Waals surface area contributed by atoms with Gasteiger partial charge in [-0.3, -0.25) is 0 Å². The second-order valence-electron chi connectivity index (χ2n) is 5.33. The highest BCUT2D eigenvalue weighted by molar-refractivity contribution is 5.68. The number of carboxylic acids is 1. The fourth-order valence-corrected chi connectivity index (χ4v) is 1.69. The van der Waals surface area contributed by atoms with Gasteiger partial charge >= 0.3 is 5.97 Å². The van der Waals surface area contributed by atoms with Crippen molar-refractivity contribution in [2.75, 3.05) is 18.5 Å². The molecule has 1 rings (SSSR count). The normalized spacial score (nSPS) is 12.0. The van der Waals surface area contributed by atoms with Gasteiger partial charge < -0.3 is 15.2 Å². The Balaban J connectivity index is 2.77. The summed E-state index contributed by atoms with van der Waals surface area (Å²) in [6.07, 6.45) is 1.22. The van der Waals surface area contributed by atoms with Crippen LogP contribution in [0.5, 0.6) is 5.75 Å². The number of halogens is 2. The third kappa shape index (κ3) is 4.54. The molecule has 0 unspecified atom stereocenters.